The Morgan fingerprint density at radius 1 is 1.37 bits per heavy atom. The van der Waals surface area contributed by atoms with Gasteiger partial charge >= 0.3 is 0 Å². The van der Waals surface area contributed by atoms with Crippen LogP contribution in [0.2, 0.25) is 5.28 Å². The van der Waals surface area contributed by atoms with Gasteiger partial charge in [0, 0.05) is 6.54 Å². The first-order valence-electron chi connectivity index (χ1n) is 6.15. The van der Waals surface area contributed by atoms with E-state index < -0.39 is 6.04 Å². The zero-order chi connectivity index (χ0) is 14.6. The van der Waals surface area contributed by atoms with Crippen LogP contribution in [0.15, 0.2) is 0 Å². The standard InChI is InChI=1S/C12H20ClN5O/c1-6(2)5-15-11(19)8(4)16-10-9(14)7(3)17-12(13)18-10/h6,8H,5,14H2,1-4H3,(H,15,19)(H,16,17,18). The van der Waals surface area contributed by atoms with Gasteiger partial charge in [-0.3, -0.25) is 4.79 Å². The third-order valence-electron chi connectivity index (χ3n) is 2.54. The smallest absolute Gasteiger partial charge is 0.242 e. The molecule has 1 atom stereocenters. The number of carbonyl (C=O) groups is 1. The van der Waals surface area contributed by atoms with Crippen molar-refractivity contribution in [1.82, 2.24) is 15.3 Å². The van der Waals surface area contributed by atoms with E-state index in [1.807, 2.05) is 13.8 Å². The number of amides is 1. The Labute approximate surface area is 118 Å². The second-order valence-electron chi connectivity index (χ2n) is 4.85. The van der Waals surface area contributed by atoms with Crippen LogP contribution in [0, 0.1) is 12.8 Å². The van der Waals surface area contributed by atoms with Crippen molar-refractivity contribution in [1.29, 1.82) is 0 Å². The topological polar surface area (TPSA) is 92.9 Å². The Bertz CT molecular complexity index is 464. The summed E-state index contributed by atoms with van der Waals surface area (Å²) in [6, 6.07) is -0.452. The van der Waals surface area contributed by atoms with Crippen molar-refractivity contribution in [2.45, 2.75) is 33.7 Å². The van der Waals surface area contributed by atoms with E-state index in [9.17, 15) is 4.79 Å². The number of halogens is 1. The van der Waals surface area contributed by atoms with Crippen LogP contribution >= 0.6 is 11.6 Å². The van der Waals surface area contributed by atoms with Gasteiger partial charge in [-0.15, -0.1) is 0 Å². The summed E-state index contributed by atoms with van der Waals surface area (Å²) in [5, 5.41) is 5.88. The average molecular weight is 286 g/mol. The average Bonchev–Trinajstić information content (AvgIpc) is 2.32. The molecule has 0 aliphatic rings. The van der Waals surface area contributed by atoms with Crippen molar-refractivity contribution in [2.24, 2.45) is 5.92 Å². The number of hydrogen-bond donors (Lipinski definition) is 3. The lowest BCUT2D eigenvalue weighted by Crippen LogP contribution is -2.39. The van der Waals surface area contributed by atoms with Crippen molar-refractivity contribution >= 4 is 29.0 Å². The predicted octanol–water partition coefficient (Wildman–Crippen LogP) is 1.59. The number of nitrogens with zero attached hydrogens (tertiary/aromatic N) is 2. The molecule has 0 radical (unpaired) electrons. The number of hydrogen-bond acceptors (Lipinski definition) is 5. The molecule has 0 aliphatic carbocycles. The largest absolute Gasteiger partial charge is 0.394 e. The van der Waals surface area contributed by atoms with Gasteiger partial charge in [0.25, 0.3) is 0 Å². The van der Waals surface area contributed by atoms with Gasteiger partial charge in [-0.25, -0.2) is 4.98 Å². The zero-order valence-electron chi connectivity index (χ0n) is 11.6. The third kappa shape index (κ3) is 4.55. The molecular weight excluding hydrogens is 266 g/mol. The number of nitrogens with two attached hydrogens (primary N) is 1. The quantitative estimate of drug-likeness (QED) is 0.715. The van der Waals surface area contributed by atoms with Crippen molar-refractivity contribution in [3.63, 3.8) is 0 Å². The van der Waals surface area contributed by atoms with E-state index in [2.05, 4.69) is 20.6 Å². The molecule has 0 saturated heterocycles. The number of nitrogens with one attached hydrogen (secondary N) is 2. The van der Waals surface area contributed by atoms with Crippen LogP contribution in [0.3, 0.4) is 0 Å². The van der Waals surface area contributed by atoms with Gasteiger partial charge in [0.1, 0.15) is 6.04 Å². The number of anilines is 2. The molecule has 0 aliphatic heterocycles. The summed E-state index contributed by atoms with van der Waals surface area (Å²) in [6.45, 7) is 8.16. The molecule has 19 heavy (non-hydrogen) atoms. The van der Waals surface area contributed by atoms with Gasteiger partial charge < -0.3 is 16.4 Å². The minimum Gasteiger partial charge on any atom is -0.394 e. The first-order chi connectivity index (χ1) is 8.81. The SMILES string of the molecule is Cc1nc(Cl)nc(NC(C)C(=O)NCC(C)C)c1N. The maximum atomic E-state index is 11.8. The maximum Gasteiger partial charge on any atom is 0.242 e. The lowest BCUT2D eigenvalue weighted by atomic mass is 10.2. The number of aryl methyl sites for hydroxylation is 1. The van der Waals surface area contributed by atoms with E-state index in [1.165, 1.54) is 0 Å². The number of carbonyl (C=O) groups excluding carboxylic acids is 1. The summed E-state index contributed by atoms with van der Waals surface area (Å²) in [5.41, 5.74) is 6.82. The molecule has 1 rings (SSSR count). The van der Waals surface area contributed by atoms with Gasteiger partial charge in [0.05, 0.1) is 11.4 Å². The highest BCUT2D eigenvalue weighted by Gasteiger charge is 2.16. The molecule has 7 heteroatoms. The van der Waals surface area contributed by atoms with Crippen molar-refractivity contribution in [3.05, 3.63) is 11.0 Å². The van der Waals surface area contributed by atoms with Gasteiger partial charge in [-0.05, 0) is 31.4 Å². The van der Waals surface area contributed by atoms with Crippen molar-refractivity contribution < 1.29 is 4.79 Å². The van der Waals surface area contributed by atoms with Crippen LogP contribution < -0.4 is 16.4 Å². The van der Waals surface area contributed by atoms with Crippen LogP contribution in [0.1, 0.15) is 26.5 Å². The molecule has 1 heterocycles. The minimum absolute atomic E-state index is 0.101. The monoisotopic (exact) mass is 285 g/mol. The number of nitrogen functional groups attached to an aromatic ring is 1. The van der Waals surface area contributed by atoms with Crippen LogP contribution in [0.5, 0.6) is 0 Å². The summed E-state index contributed by atoms with van der Waals surface area (Å²) < 4.78 is 0. The molecule has 1 aromatic heterocycles. The third-order valence-corrected chi connectivity index (χ3v) is 2.71. The van der Waals surface area contributed by atoms with E-state index >= 15 is 0 Å². The molecule has 106 valence electrons. The molecule has 0 bridgehead atoms. The molecule has 0 saturated carbocycles. The normalized spacial score (nSPS) is 12.3. The number of aromatic nitrogens is 2. The highest BCUT2D eigenvalue weighted by molar-refractivity contribution is 6.28. The summed E-state index contributed by atoms with van der Waals surface area (Å²) in [7, 11) is 0. The first kappa shape index (κ1) is 15.5. The van der Waals surface area contributed by atoms with Crippen LogP contribution in [0.4, 0.5) is 11.5 Å². The zero-order valence-corrected chi connectivity index (χ0v) is 12.4. The minimum atomic E-state index is -0.452. The Morgan fingerprint density at radius 2 is 2.00 bits per heavy atom. The molecule has 1 unspecified atom stereocenters. The second kappa shape index (κ2) is 6.56. The Balaban J connectivity index is 2.71. The van der Waals surface area contributed by atoms with Gasteiger partial charge in [0.15, 0.2) is 5.82 Å². The fraction of sp³-hybridized carbons (Fsp3) is 0.583. The molecule has 1 amide bonds. The van der Waals surface area contributed by atoms with Gasteiger partial charge in [-0.1, -0.05) is 13.8 Å². The fourth-order valence-corrected chi connectivity index (χ4v) is 1.60. The molecule has 0 spiro atoms. The Morgan fingerprint density at radius 3 is 2.58 bits per heavy atom. The fourth-order valence-electron chi connectivity index (χ4n) is 1.39. The Kier molecular flexibility index (Phi) is 5.35. The van der Waals surface area contributed by atoms with E-state index in [0.29, 0.717) is 29.7 Å². The summed E-state index contributed by atoms with van der Waals surface area (Å²) in [6.07, 6.45) is 0. The molecule has 0 aromatic carbocycles. The van der Waals surface area contributed by atoms with E-state index in [0.717, 1.165) is 0 Å². The highest BCUT2D eigenvalue weighted by atomic mass is 35.5. The molecule has 0 fully saturated rings. The van der Waals surface area contributed by atoms with Crippen LogP contribution in [-0.4, -0.2) is 28.5 Å². The van der Waals surface area contributed by atoms with Gasteiger partial charge in [-0.2, -0.15) is 4.98 Å². The lowest BCUT2D eigenvalue weighted by molar-refractivity contribution is -0.121. The highest BCUT2D eigenvalue weighted by Crippen LogP contribution is 2.21. The molecular formula is C12H20ClN5O. The summed E-state index contributed by atoms with van der Waals surface area (Å²) in [5.74, 6) is 0.669. The van der Waals surface area contributed by atoms with Crippen molar-refractivity contribution in [3.8, 4) is 0 Å². The molecule has 4 N–H and O–H groups in total. The van der Waals surface area contributed by atoms with E-state index in [1.54, 1.807) is 13.8 Å². The van der Waals surface area contributed by atoms with Crippen LogP contribution in [-0.2, 0) is 4.79 Å². The molecule has 6 nitrogen and oxygen atoms in total. The maximum absolute atomic E-state index is 11.8. The predicted molar refractivity (Wildman–Crippen MR) is 77.1 cm³/mol. The van der Waals surface area contributed by atoms with Gasteiger partial charge in [0.2, 0.25) is 11.2 Å². The summed E-state index contributed by atoms with van der Waals surface area (Å²) >= 11 is 5.77. The van der Waals surface area contributed by atoms with Crippen LogP contribution in [0.25, 0.3) is 0 Å². The first-order valence-corrected chi connectivity index (χ1v) is 6.53. The number of rotatable bonds is 5. The lowest BCUT2D eigenvalue weighted by Gasteiger charge is -2.17. The van der Waals surface area contributed by atoms with E-state index in [4.69, 9.17) is 17.3 Å². The second-order valence-corrected chi connectivity index (χ2v) is 5.18. The Hall–Kier alpha value is -1.56. The summed E-state index contributed by atoms with van der Waals surface area (Å²) in [4.78, 5) is 19.8. The van der Waals surface area contributed by atoms with E-state index in [-0.39, 0.29) is 11.2 Å². The molecule has 1 aromatic rings. The van der Waals surface area contributed by atoms with Crippen molar-refractivity contribution in [2.75, 3.05) is 17.6 Å².